The second kappa shape index (κ2) is 6.96. The molecule has 0 unspecified atom stereocenters. The summed E-state index contributed by atoms with van der Waals surface area (Å²) in [5, 5.41) is 13.6. The first kappa shape index (κ1) is 13.6. The van der Waals surface area contributed by atoms with Crippen molar-refractivity contribution in [3.8, 4) is 0 Å². The van der Waals surface area contributed by atoms with Crippen LogP contribution in [0.2, 0.25) is 0 Å². The fourth-order valence-electron chi connectivity index (χ4n) is 1.53. The van der Waals surface area contributed by atoms with Crippen molar-refractivity contribution < 1.29 is 9.34 Å². The van der Waals surface area contributed by atoms with Gasteiger partial charge in [-0.25, -0.2) is 0 Å². The average Bonchev–Trinajstić information content (AvgIpc) is 2.89. The minimum Gasteiger partial charge on any atom is -0.404 e. The zero-order valence-electron chi connectivity index (χ0n) is 10.2. The zero-order valence-corrected chi connectivity index (χ0v) is 11.1. The summed E-state index contributed by atoms with van der Waals surface area (Å²) in [4.78, 5) is 11.1. The number of benzene rings is 1. The zero-order chi connectivity index (χ0) is 13.5. The van der Waals surface area contributed by atoms with Gasteiger partial charge in [0.25, 0.3) is 0 Å². The third kappa shape index (κ3) is 4.42. The predicted octanol–water partition coefficient (Wildman–Crippen LogP) is 3.07. The fourth-order valence-corrected chi connectivity index (χ4v) is 2.36. The maximum atomic E-state index is 10.4. The monoisotopic (exact) mass is 278 g/mol. The smallest absolute Gasteiger partial charge is 0.404 e. The van der Waals surface area contributed by atoms with Gasteiger partial charge in [-0.1, -0.05) is 18.2 Å². The molecule has 0 saturated heterocycles. The van der Waals surface area contributed by atoms with E-state index in [1.54, 1.807) is 17.8 Å². The molecule has 1 N–H and O–H groups in total. The van der Waals surface area contributed by atoms with Crippen LogP contribution in [0.1, 0.15) is 5.76 Å². The van der Waals surface area contributed by atoms with Gasteiger partial charge in [0.2, 0.25) is 0 Å². The Morgan fingerprint density at radius 1 is 1.21 bits per heavy atom. The highest BCUT2D eigenvalue weighted by atomic mass is 32.2. The molecule has 1 aromatic heterocycles. The first-order valence-corrected chi connectivity index (χ1v) is 6.86. The number of furan rings is 1. The van der Waals surface area contributed by atoms with Crippen LogP contribution in [-0.4, -0.2) is 17.2 Å². The third-order valence-corrected chi connectivity index (χ3v) is 3.43. The number of nitrogens with one attached hydrogen (secondary N) is 1. The first-order chi connectivity index (χ1) is 9.25. The van der Waals surface area contributed by atoms with E-state index in [0.717, 1.165) is 12.3 Å². The molecule has 19 heavy (non-hydrogen) atoms. The van der Waals surface area contributed by atoms with Crippen LogP contribution in [0.5, 0.6) is 0 Å². The SMILES string of the molecule is O=[N+]([O-])c1ccc(CNCCSc2ccccc2)o1. The Kier molecular flexibility index (Phi) is 5.00. The van der Waals surface area contributed by atoms with Crippen molar-refractivity contribution in [3.05, 3.63) is 58.3 Å². The van der Waals surface area contributed by atoms with Crippen molar-refractivity contribution in [2.45, 2.75) is 11.4 Å². The largest absolute Gasteiger partial charge is 0.433 e. The molecule has 100 valence electrons. The summed E-state index contributed by atoms with van der Waals surface area (Å²) in [6.45, 7) is 1.32. The van der Waals surface area contributed by atoms with E-state index in [1.165, 1.54) is 11.0 Å². The second-order valence-corrected chi connectivity index (χ2v) is 5.00. The fraction of sp³-hybridized carbons (Fsp3) is 0.231. The predicted molar refractivity (Wildman–Crippen MR) is 74.2 cm³/mol. The Hall–Kier alpha value is -1.79. The molecule has 0 fully saturated rings. The highest BCUT2D eigenvalue weighted by Gasteiger charge is 2.10. The van der Waals surface area contributed by atoms with Crippen LogP contribution >= 0.6 is 11.8 Å². The summed E-state index contributed by atoms with van der Waals surface area (Å²) in [6, 6.07) is 13.1. The summed E-state index contributed by atoms with van der Waals surface area (Å²) in [5.41, 5.74) is 0. The van der Waals surface area contributed by atoms with Gasteiger partial charge in [-0.3, -0.25) is 10.1 Å². The van der Waals surface area contributed by atoms with Crippen molar-refractivity contribution in [1.82, 2.24) is 5.32 Å². The second-order valence-electron chi connectivity index (χ2n) is 3.84. The van der Waals surface area contributed by atoms with Crippen LogP contribution in [0.15, 0.2) is 51.8 Å². The molecule has 0 aliphatic heterocycles. The van der Waals surface area contributed by atoms with Gasteiger partial charge in [-0.05, 0) is 18.2 Å². The molecule has 5 nitrogen and oxygen atoms in total. The summed E-state index contributed by atoms with van der Waals surface area (Å²) in [6.07, 6.45) is 0. The van der Waals surface area contributed by atoms with E-state index in [1.807, 2.05) is 18.2 Å². The molecule has 0 amide bonds. The lowest BCUT2D eigenvalue weighted by atomic mass is 10.4. The third-order valence-electron chi connectivity index (χ3n) is 2.42. The Morgan fingerprint density at radius 2 is 2.00 bits per heavy atom. The summed E-state index contributed by atoms with van der Waals surface area (Å²) in [7, 11) is 0. The van der Waals surface area contributed by atoms with E-state index < -0.39 is 4.92 Å². The molecule has 2 rings (SSSR count). The van der Waals surface area contributed by atoms with Crippen LogP contribution in [-0.2, 0) is 6.54 Å². The molecule has 0 spiro atoms. The minimum absolute atomic E-state index is 0.213. The molecule has 1 aromatic carbocycles. The lowest BCUT2D eigenvalue weighted by Gasteiger charge is -2.02. The minimum atomic E-state index is -0.533. The molecule has 0 aliphatic rings. The van der Waals surface area contributed by atoms with E-state index in [-0.39, 0.29) is 5.88 Å². The van der Waals surface area contributed by atoms with Gasteiger partial charge in [0, 0.05) is 17.2 Å². The van der Waals surface area contributed by atoms with E-state index >= 15 is 0 Å². The van der Waals surface area contributed by atoms with Crippen molar-refractivity contribution in [3.63, 3.8) is 0 Å². The van der Waals surface area contributed by atoms with Crippen molar-refractivity contribution in [1.29, 1.82) is 0 Å². The average molecular weight is 278 g/mol. The Morgan fingerprint density at radius 3 is 2.68 bits per heavy atom. The maximum Gasteiger partial charge on any atom is 0.433 e. The van der Waals surface area contributed by atoms with E-state index in [2.05, 4.69) is 17.4 Å². The number of rotatable bonds is 7. The molecule has 0 bridgehead atoms. The maximum absolute atomic E-state index is 10.4. The quantitative estimate of drug-likeness (QED) is 0.365. The van der Waals surface area contributed by atoms with Crippen molar-refractivity contribution >= 4 is 17.6 Å². The van der Waals surface area contributed by atoms with Gasteiger partial charge in [-0.15, -0.1) is 11.8 Å². The van der Waals surface area contributed by atoms with Crippen LogP contribution < -0.4 is 5.32 Å². The first-order valence-electron chi connectivity index (χ1n) is 5.87. The molecule has 0 saturated carbocycles. The lowest BCUT2D eigenvalue weighted by Crippen LogP contribution is -2.15. The highest BCUT2D eigenvalue weighted by molar-refractivity contribution is 7.99. The molecule has 0 atom stereocenters. The molecule has 6 heteroatoms. The number of hydrogen-bond acceptors (Lipinski definition) is 5. The molecular weight excluding hydrogens is 264 g/mol. The van der Waals surface area contributed by atoms with Gasteiger partial charge in [-0.2, -0.15) is 0 Å². The summed E-state index contributed by atoms with van der Waals surface area (Å²) >= 11 is 1.76. The van der Waals surface area contributed by atoms with Crippen LogP contribution in [0, 0.1) is 10.1 Å². The van der Waals surface area contributed by atoms with E-state index in [0.29, 0.717) is 12.3 Å². The van der Waals surface area contributed by atoms with Gasteiger partial charge in [0.15, 0.2) is 0 Å². The van der Waals surface area contributed by atoms with Crippen LogP contribution in [0.25, 0.3) is 0 Å². The van der Waals surface area contributed by atoms with E-state index in [9.17, 15) is 10.1 Å². The Labute approximate surface area is 115 Å². The standard InChI is InChI=1S/C13H14N2O3S/c16-15(17)13-7-6-11(18-13)10-14-8-9-19-12-4-2-1-3-5-12/h1-7,14H,8-10H2. The molecule has 2 aromatic rings. The number of hydrogen-bond donors (Lipinski definition) is 1. The van der Waals surface area contributed by atoms with Crippen LogP contribution in [0.4, 0.5) is 5.88 Å². The summed E-state index contributed by atoms with van der Waals surface area (Å²) < 4.78 is 5.04. The Balaban J connectivity index is 1.65. The van der Waals surface area contributed by atoms with Crippen LogP contribution in [0.3, 0.4) is 0 Å². The molecule has 1 heterocycles. The normalized spacial score (nSPS) is 10.5. The van der Waals surface area contributed by atoms with Gasteiger partial charge in [0.05, 0.1) is 12.6 Å². The number of thioether (sulfide) groups is 1. The van der Waals surface area contributed by atoms with Gasteiger partial charge < -0.3 is 9.73 Å². The number of nitrogens with zero attached hydrogens (tertiary/aromatic N) is 1. The van der Waals surface area contributed by atoms with Gasteiger partial charge in [0.1, 0.15) is 10.7 Å². The topological polar surface area (TPSA) is 68.3 Å². The number of nitro groups is 1. The highest BCUT2D eigenvalue weighted by Crippen LogP contribution is 2.17. The van der Waals surface area contributed by atoms with Crippen molar-refractivity contribution in [2.75, 3.05) is 12.3 Å². The van der Waals surface area contributed by atoms with E-state index in [4.69, 9.17) is 4.42 Å². The summed E-state index contributed by atoms with van der Waals surface area (Å²) in [5.74, 6) is 1.30. The lowest BCUT2D eigenvalue weighted by molar-refractivity contribution is -0.402. The van der Waals surface area contributed by atoms with Crippen molar-refractivity contribution in [2.24, 2.45) is 0 Å². The Bertz CT molecular complexity index is 528. The molecule has 0 radical (unpaired) electrons. The molecular formula is C13H14N2O3S. The van der Waals surface area contributed by atoms with Gasteiger partial charge >= 0.3 is 5.88 Å². The molecule has 0 aliphatic carbocycles.